The Morgan fingerprint density at radius 2 is 2.04 bits per heavy atom. The summed E-state index contributed by atoms with van der Waals surface area (Å²) in [5.74, 6) is 1.84. The molecular weight excluding hydrogens is 417 g/mol. The van der Waals surface area contributed by atoms with E-state index < -0.39 is 0 Å². The molecule has 0 aromatic heterocycles. The van der Waals surface area contributed by atoms with Gasteiger partial charge in [0.25, 0.3) is 0 Å². The Kier molecular flexibility index (Phi) is 10.5. The van der Waals surface area contributed by atoms with Gasteiger partial charge in [-0.1, -0.05) is 6.42 Å². The number of nitrogens with one attached hydrogen (secondary N) is 1. The first-order chi connectivity index (χ1) is 11.2. The lowest BCUT2D eigenvalue weighted by Gasteiger charge is -2.42. The Labute approximate surface area is 165 Å². The van der Waals surface area contributed by atoms with E-state index in [1.165, 1.54) is 38.5 Å². The maximum Gasteiger partial charge on any atom is 0.193 e. The van der Waals surface area contributed by atoms with Gasteiger partial charge in [-0.25, -0.2) is 0 Å². The predicted octanol–water partition coefficient (Wildman–Crippen LogP) is 3.14. The monoisotopic (exact) mass is 453 g/mol. The third kappa shape index (κ3) is 6.67. The van der Waals surface area contributed by atoms with E-state index in [0.717, 1.165) is 51.2 Å². The van der Waals surface area contributed by atoms with E-state index >= 15 is 0 Å². The van der Waals surface area contributed by atoms with E-state index in [-0.39, 0.29) is 24.0 Å². The van der Waals surface area contributed by atoms with Crippen LogP contribution >= 0.6 is 24.0 Å². The summed E-state index contributed by atoms with van der Waals surface area (Å²) in [5.41, 5.74) is 0.424. The van der Waals surface area contributed by atoms with Gasteiger partial charge in [0.1, 0.15) is 0 Å². The molecule has 2 fully saturated rings. The summed E-state index contributed by atoms with van der Waals surface area (Å²) < 4.78 is 10.7. The number of hydrogen-bond acceptors (Lipinski definition) is 3. The average molecular weight is 453 g/mol. The Balaban J connectivity index is 0.00000288. The van der Waals surface area contributed by atoms with E-state index in [1.54, 1.807) is 7.11 Å². The Morgan fingerprint density at radius 1 is 1.33 bits per heavy atom. The lowest BCUT2D eigenvalue weighted by molar-refractivity contribution is 0.0622. The van der Waals surface area contributed by atoms with E-state index in [2.05, 4.69) is 22.3 Å². The van der Waals surface area contributed by atoms with Crippen LogP contribution in [0.4, 0.5) is 0 Å². The van der Waals surface area contributed by atoms with Crippen LogP contribution in [0.25, 0.3) is 0 Å². The zero-order valence-corrected chi connectivity index (χ0v) is 18.0. The fraction of sp³-hybridized carbons (Fsp3) is 0.944. The van der Waals surface area contributed by atoms with Crippen LogP contribution in [-0.4, -0.2) is 65.0 Å². The largest absolute Gasteiger partial charge is 0.385 e. The molecule has 2 rings (SSSR count). The molecule has 0 bridgehead atoms. The van der Waals surface area contributed by atoms with Crippen molar-refractivity contribution in [1.29, 1.82) is 0 Å². The topological polar surface area (TPSA) is 46.1 Å². The molecule has 0 atom stereocenters. The summed E-state index contributed by atoms with van der Waals surface area (Å²) in [7, 11) is 5.83. The van der Waals surface area contributed by atoms with Crippen molar-refractivity contribution in [3.8, 4) is 0 Å². The van der Waals surface area contributed by atoms with Crippen molar-refractivity contribution < 1.29 is 9.47 Å². The summed E-state index contributed by atoms with van der Waals surface area (Å²) in [4.78, 5) is 6.74. The van der Waals surface area contributed by atoms with Crippen LogP contribution in [0.5, 0.6) is 0 Å². The van der Waals surface area contributed by atoms with Gasteiger partial charge in [0.2, 0.25) is 0 Å². The minimum atomic E-state index is 0. The zero-order valence-electron chi connectivity index (χ0n) is 15.7. The van der Waals surface area contributed by atoms with Gasteiger partial charge in [-0.2, -0.15) is 0 Å². The van der Waals surface area contributed by atoms with Crippen LogP contribution in [0.15, 0.2) is 4.99 Å². The van der Waals surface area contributed by atoms with E-state index in [4.69, 9.17) is 9.47 Å². The first-order valence-electron chi connectivity index (χ1n) is 9.17. The molecule has 1 aliphatic heterocycles. The molecule has 0 unspecified atom stereocenters. The molecule has 1 N–H and O–H groups in total. The summed E-state index contributed by atoms with van der Waals surface area (Å²) in [6.07, 6.45) is 8.77. The number of methoxy groups -OCH3 is 1. The van der Waals surface area contributed by atoms with Crippen molar-refractivity contribution in [1.82, 2.24) is 10.2 Å². The lowest BCUT2D eigenvalue weighted by atomic mass is 9.67. The van der Waals surface area contributed by atoms with Crippen LogP contribution in [0, 0.1) is 11.3 Å². The van der Waals surface area contributed by atoms with E-state index in [0.29, 0.717) is 5.41 Å². The molecule has 1 heterocycles. The summed E-state index contributed by atoms with van der Waals surface area (Å²) in [6.45, 7) is 4.81. The van der Waals surface area contributed by atoms with Crippen LogP contribution in [0.3, 0.4) is 0 Å². The van der Waals surface area contributed by atoms with Crippen molar-refractivity contribution in [3.05, 3.63) is 0 Å². The highest BCUT2D eigenvalue weighted by molar-refractivity contribution is 14.0. The fourth-order valence-corrected chi connectivity index (χ4v) is 3.68. The van der Waals surface area contributed by atoms with Gasteiger partial charge in [0, 0.05) is 54.1 Å². The van der Waals surface area contributed by atoms with Crippen molar-refractivity contribution in [3.63, 3.8) is 0 Å². The van der Waals surface area contributed by atoms with E-state index in [1.807, 2.05) is 7.05 Å². The third-order valence-electron chi connectivity index (χ3n) is 5.66. The average Bonchev–Trinajstić information content (AvgIpc) is 2.55. The molecule has 0 aromatic carbocycles. The first-order valence-corrected chi connectivity index (χ1v) is 9.17. The van der Waals surface area contributed by atoms with Crippen LogP contribution in [0.2, 0.25) is 0 Å². The molecule has 1 saturated heterocycles. The SMILES string of the molecule is CN=C(NCC1(CCOC)CCC1)N(C)CCC1CCOCC1.I. The Morgan fingerprint density at radius 3 is 2.58 bits per heavy atom. The Hall–Kier alpha value is -0.0800. The van der Waals surface area contributed by atoms with Gasteiger partial charge in [0.05, 0.1) is 0 Å². The Bertz CT molecular complexity index is 369. The van der Waals surface area contributed by atoms with Gasteiger partial charge in [-0.05, 0) is 49.9 Å². The van der Waals surface area contributed by atoms with Crippen LogP contribution in [0.1, 0.15) is 44.9 Å². The third-order valence-corrected chi connectivity index (χ3v) is 5.66. The van der Waals surface area contributed by atoms with Gasteiger partial charge < -0.3 is 19.7 Å². The highest BCUT2D eigenvalue weighted by atomic mass is 127. The van der Waals surface area contributed by atoms with Crippen LogP contribution in [-0.2, 0) is 9.47 Å². The van der Waals surface area contributed by atoms with Crippen molar-refractivity contribution in [2.75, 3.05) is 54.1 Å². The smallest absolute Gasteiger partial charge is 0.193 e. The molecule has 6 heteroatoms. The molecule has 0 amide bonds. The number of guanidine groups is 1. The van der Waals surface area contributed by atoms with Gasteiger partial charge in [0.15, 0.2) is 5.96 Å². The highest BCUT2D eigenvalue weighted by Crippen LogP contribution is 2.43. The molecule has 2 aliphatic rings. The maximum absolute atomic E-state index is 5.44. The molecule has 5 nitrogen and oxygen atoms in total. The lowest BCUT2D eigenvalue weighted by Crippen LogP contribution is -2.47. The highest BCUT2D eigenvalue weighted by Gasteiger charge is 2.36. The second kappa shape index (κ2) is 11.5. The number of ether oxygens (including phenoxy) is 2. The van der Waals surface area contributed by atoms with Gasteiger partial charge >= 0.3 is 0 Å². The molecule has 1 aliphatic carbocycles. The van der Waals surface area contributed by atoms with Crippen molar-refractivity contribution in [2.45, 2.75) is 44.9 Å². The standard InChI is InChI=1S/C18H35N3O2.HI/c1-19-17(20-15-18(8-4-9-18)10-14-22-3)21(2)11-5-16-6-12-23-13-7-16;/h16H,4-15H2,1-3H3,(H,19,20);1H. The molecule has 0 spiro atoms. The maximum atomic E-state index is 5.44. The molecule has 1 saturated carbocycles. The number of nitrogens with zero attached hydrogens (tertiary/aromatic N) is 2. The molecule has 24 heavy (non-hydrogen) atoms. The van der Waals surface area contributed by atoms with Crippen LogP contribution < -0.4 is 5.32 Å². The second-order valence-electron chi connectivity index (χ2n) is 7.26. The predicted molar refractivity (Wildman–Crippen MR) is 110 cm³/mol. The van der Waals surface area contributed by atoms with Gasteiger partial charge in [-0.15, -0.1) is 24.0 Å². The van der Waals surface area contributed by atoms with E-state index in [9.17, 15) is 0 Å². The van der Waals surface area contributed by atoms with Gasteiger partial charge in [-0.3, -0.25) is 4.99 Å². The molecule has 0 radical (unpaired) electrons. The number of rotatable bonds is 8. The van der Waals surface area contributed by atoms with Crippen molar-refractivity contribution in [2.24, 2.45) is 16.3 Å². The second-order valence-corrected chi connectivity index (χ2v) is 7.26. The zero-order chi connectivity index (χ0) is 16.5. The van der Waals surface area contributed by atoms with Crippen molar-refractivity contribution >= 4 is 29.9 Å². The summed E-state index contributed by atoms with van der Waals surface area (Å²) in [5, 5.41) is 3.60. The number of halogens is 1. The summed E-state index contributed by atoms with van der Waals surface area (Å²) >= 11 is 0. The summed E-state index contributed by atoms with van der Waals surface area (Å²) in [6, 6.07) is 0. The minimum Gasteiger partial charge on any atom is -0.385 e. The normalized spacial score (nSPS) is 20.9. The number of hydrogen-bond donors (Lipinski definition) is 1. The molecule has 142 valence electrons. The molecule has 0 aromatic rings. The minimum absolute atomic E-state index is 0. The molecular formula is C18H36IN3O2. The fourth-order valence-electron chi connectivity index (χ4n) is 3.68. The first kappa shape index (κ1) is 22.0. The number of aliphatic imine (C=N–C) groups is 1. The quantitative estimate of drug-likeness (QED) is 0.349.